The van der Waals surface area contributed by atoms with E-state index in [1.165, 1.54) is 12.8 Å². The van der Waals surface area contributed by atoms with E-state index in [9.17, 15) is 0 Å². The molecule has 0 spiro atoms. The summed E-state index contributed by atoms with van der Waals surface area (Å²) < 4.78 is 5.79. The first-order valence-electron chi connectivity index (χ1n) is 6.09. The first-order chi connectivity index (χ1) is 8.27. The van der Waals surface area contributed by atoms with Crippen molar-refractivity contribution in [3.63, 3.8) is 0 Å². The predicted molar refractivity (Wildman–Crippen MR) is 81.9 cm³/mol. The van der Waals surface area contributed by atoms with E-state index in [1.54, 1.807) is 12.4 Å². The Morgan fingerprint density at radius 1 is 1.21 bits per heavy atom. The lowest BCUT2D eigenvalue weighted by molar-refractivity contribution is 0.209. The van der Waals surface area contributed by atoms with Crippen molar-refractivity contribution in [3.8, 4) is 5.88 Å². The summed E-state index contributed by atoms with van der Waals surface area (Å²) in [4.78, 5) is 10.4. The van der Waals surface area contributed by atoms with Crippen LogP contribution >= 0.6 is 24.8 Å². The fraction of sp³-hybridized carbons (Fsp3) is 0.667. The van der Waals surface area contributed by atoms with E-state index in [-0.39, 0.29) is 24.8 Å². The lowest BCUT2D eigenvalue weighted by atomic mass is 9.99. The molecule has 1 aliphatic rings. The molecule has 0 bridgehead atoms. The van der Waals surface area contributed by atoms with Crippen LogP contribution in [0.5, 0.6) is 5.88 Å². The van der Waals surface area contributed by atoms with E-state index >= 15 is 0 Å². The maximum Gasteiger partial charge on any atom is 0.257 e. The Morgan fingerprint density at radius 3 is 2.47 bits per heavy atom. The normalized spacial score (nSPS) is 15.1. The summed E-state index contributed by atoms with van der Waals surface area (Å²) in [5.74, 6) is 2.06. The second-order valence-corrected chi connectivity index (χ2v) is 4.58. The zero-order chi connectivity index (χ0) is 12.1. The fourth-order valence-electron chi connectivity index (χ4n) is 1.97. The topological polar surface area (TPSA) is 50.3 Å². The molecule has 0 unspecified atom stereocenters. The summed E-state index contributed by atoms with van der Waals surface area (Å²) in [5.41, 5.74) is 0. The lowest BCUT2D eigenvalue weighted by Gasteiger charge is -2.23. The first-order valence-corrected chi connectivity index (χ1v) is 6.09. The van der Waals surface area contributed by atoms with Gasteiger partial charge in [-0.25, -0.2) is 9.97 Å². The molecule has 0 saturated carbocycles. The third-order valence-electron chi connectivity index (χ3n) is 2.98. The monoisotopic (exact) mass is 308 g/mol. The van der Waals surface area contributed by atoms with Crippen molar-refractivity contribution in [1.82, 2.24) is 15.3 Å². The average Bonchev–Trinajstić information content (AvgIpc) is 2.38. The van der Waals surface area contributed by atoms with Crippen molar-refractivity contribution in [2.24, 2.45) is 5.92 Å². The number of anilines is 1. The Morgan fingerprint density at radius 2 is 1.84 bits per heavy atom. The van der Waals surface area contributed by atoms with Crippen molar-refractivity contribution in [2.75, 3.05) is 38.7 Å². The predicted octanol–water partition coefficient (Wildman–Crippen LogP) is 1.76. The van der Waals surface area contributed by atoms with Gasteiger partial charge in [0.05, 0.1) is 6.61 Å². The third-order valence-corrected chi connectivity index (χ3v) is 2.98. The van der Waals surface area contributed by atoms with Crippen LogP contribution < -0.4 is 15.0 Å². The third kappa shape index (κ3) is 5.38. The molecule has 1 aliphatic heterocycles. The summed E-state index contributed by atoms with van der Waals surface area (Å²) >= 11 is 0. The smallest absolute Gasteiger partial charge is 0.257 e. The highest BCUT2D eigenvalue weighted by Gasteiger charge is 2.15. The SMILES string of the molecule is CN(C)c1nccnc1OCC1CCNCC1.Cl.Cl. The highest BCUT2D eigenvalue weighted by Crippen LogP contribution is 2.21. The number of aromatic nitrogens is 2. The van der Waals surface area contributed by atoms with Crippen LogP contribution in [0.1, 0.15) is 12.8 Å². The molecule has 0 aliphatic carbocycles. The van der Waals surface area contributed by atoms with Crippen LogP contribution in [0.3, 0.4) is 0 Å². The number of ether oxygens (including phenoxy) is 1. The van der Waals surface area contributed by atoms with E-state index in [1.807, 2.05) is 19.0 Å². The summed E-state index contributed by atoms with van der Waals surface area (Å²) in [6.07, 6.45) is 5.71. The van der Waals surface area contributed by atoms with Crippen LogP contribution in [0.15, 0.2) is 12.4 Å². The molecular formula is C12H22Cl2N4O. The Bertz CT molecular complexity index is 359. The molecule has 0 atom stereocenters. The van der Waals surface area contributed by atoms with Crippen LogP contribution in [0, 0.1) is 5.92 Å². The minimum absolute atomic E-state index is 0. The van der Waals surface area contributed by atoms with Crippen molar-refractivity contribution < 1.29 is 4.74 Å². The Kier molecular flexibility index (Phi) is 8.80. The number of rotatable bonds is 4. The largest absolute Gasteiger partial charge is 0.475 e. The lowest BCUT2D eigenvalue weighted by Crippen LogP contribution is -2.30. The van der Waals surface area contributed by atoms with Gasteiger partial charge in [0.25, 0.3) is 5.88 Å². The van der Waals surface area contributed by atoms with Crippen LogP contribution in [0.4, 0.5) is 5.82 Å². The Hall–Kier alpha value is -0.780. The maximum atomic E-state index is 5.79. The summed E-state index contributed by atoms with van der Waals surface area (Å²) in [6.45, 7) is 2.92. The first kappa shape index (κ1) is 18.2. The molecule has 1 N–H and O–H groups in total. The standard InChI is InChI=1S/C12H20N4O.2ClH/c1-16(2)11-12(15-8-7-14-11)17-9-10-3-5-13-6-4-10;;/h7-8,10,13H,3-6,9H2,1-2H3;2*1H. The van der Waals surface area contributed by atoms with Gasteiger partial charge in [-0.3, -0.25) is 0 Å². The van der Waals surface area contributed by atoms with Crippen LogP contribution in [0.25, 0.3) is 0 Å². The van der Waals surface area contributed by atoms with Gasteiger partial charge in [0.2, 0.25) is 0 Å². The van der Waals surface area contributed by atoms with Gasteiger partial charge in [-0.05, 0) is 31.8 Å². The second kappa shape index (κ2) is 9.18. The van der Waals surface area contributed by atoms with Crippen molar-refractivity contribution >= 4 is 30.6 Å². The number of halogens is 2. The minimum Gasteiger partial charge on any atom is -0.475 e. The molecule has 110 valence electrons. The van der Waals surface area contributed by atoms with E-state index in [4.69, 9.17) is 4.74 Å². The highest BCUT2D eigenvalue weighted by atomic mass is 35.5. The fourth-order valence-corrected chi connectivity index (χ4v) is 1.97. The van der Waals surface area contributed by atoms with Crippen LogP contribution in [-0.4, -0.2) is 43.8 Å². The molecule has 2 rings (SSSR count). The quantitative estimate of drug-likeness (QED) is 0.918. The van der Waals surface area contributed by atoms with Gasteiger partial charge in [0.1, 0.15) is 0 Å². The summed E-state index contributed by atoms with van der Waals surface area (Å²) in [6, 6.07) is 0. The molecule has 1 aromatic rings. The van der Waals surface area contributed by atoms with Gasteiger partial charge >= 0.3 is 0 Å². The molecule has 0 aromatic carbocycles. The molecular weight excluding hydrogens is 287 g/mol. The Balaban J connectivity index is 0.00000162. The number of hydrogen-bond donors (Lipinski definition) is 1. The molecule has 1 fully saturated rings. The molecule has 5 nitrogen and oxygen atoms in total. The second-order valence-electron chi connectivity index (χ2n) is 4.58. The number of piperidine rings is 1. The maximum absolute atomic E-state index is 5.79. The molecule has 2 heterocycles. The van der Waals surface area contributed by atoms with E-state index < -0.39 is 0 Å². The van der Waals surface area contributed by atoms with Gasteiger partial charge in [-0.15, -0.1) is 24.8 Å². The Labute approximate surface area is 127 Å². The van der Waals surface area contributed by atoms with E-state index in [2.05, 4.69) is 15.3 Å². The number of hydrogen-bond acceptors (Lipinski definition) is 5. The average molecular weight is 309 g/mol. The summed E-state index contributed by atoms with van der Waals surface area (Å²) in [7, 11) is 3.89. The molecule has 19 heavy (non-hydrogen) atoms. The highest BCUT2D eigenvalue weighted by molar-refractivity contribution is 5.85. The van der Waals surface area contributed by atoms with Crippen molar-refractivity contribution in [3.05, 3.63) is 12.4 Å². The van der Waals surface area contributed by atoms with E-state index in [0.29, 0.717) is 11.8 Å². The number of nitrogens with zero attached hydrogens (tertiary/aromatic N) is 3. The van der Waals surface area contributed by atoms with Crippen LogP contribution in [-0.2, 0) is 0 Å². The molecule has 7 heteroatoms. The molecule has 1 aromatic heterocycles. The zero-order valence-electron chi connectivity index (χ0n) is 11.3. The molecule has 0 amide bonds. The van der Waals surface area contributed by atoms with Crippen molar-refractivity contribution in [2.45, 2.75) is 12.8 Å². The molecule has 1 saturated heterocycles. The minimum atomic E-state index is 0. The van der Waals surface area contributed by atoms with Gasteiger partial charge < -0.3 is 15.0 Å². The number of nitrogens with one attached hydrogen (secondary N) is 1. The molecule has 0 radical (unpaired) electrons. The van der Waals surface area contributed by atoms with Gasteiger partial charge in [0, 0.05) is 26.5 Å². The van der Waals surface area contributed by atoms with Crippen LogP contribution in [0.2, 0.25) is 0 Å². The van der Waals surface area contributed by atoms with Crippen molar-refractivity contribution in [1.29, 1.82) is 0 Å². The van der Waals surface area contributed by atoms with E-state index in [0.717, 1.165) is 25.5 Å². The van der Waals surface area contributed by atoms with Gasteiger partial charge in [-0.2, -0.15) is 0 Å². The van der Waals surface area contributed by atoms with Gasteiger partial charge in [-0.1, -0.05) is 0 Å². The van der Waals surface area contributed by atoms with Gasteiger partial charge in [0.15, 0.2) is 5.82 Å². The zero-order valence-corrected chi connectivity index (χ0v) is 13.0. The summed E-state index contributed by atoms with van der Waals surface area (Å²) in [5, 5.41) is 3.35.